The third-order valence-corrected chi connectivity index (χ3v) is 4.03. The summed E-state index contributed by atoms with van der Waals surface area (Å²) in [7, 11) is 0. The molecule has 1 rings (SSSR count). The third kappa shape index (κ3) is 9.64. The summed E-state index contributed by atoms with van der Waals surface area (Å²) in [6.07, 6.45) is 24.0. The standard InChI is InChI=1S/C21H30O3/c1-4-7-10-13-22-19-16-20(23-14-11-8-5-2)18-21(17-19)24-15-12-9-6-3/h1-3,19-21H,7-18H2. The third-order valence-electron chi connectivity index (χ3n) is 4.03. The van der Waals surface area contributed by atoms with Crippen molar-refractivity contribution < 1.29 is 14.2 Å². The Balaban J connectivity index is 2.38. The van der Waals surface area contributed by atoms with Crippen LogP contribution >= 0.6 is 0 Å². The molecule has 132 valence electrons. The van der Waals surface area contributed by atoms with Crippen molar-refractivity contribution in [2.45, 2.75) is 76.1 Å². The molecule has 0 aliphatic heterocycles. The number of unbranched alkanes of at least 4 members (excludes halogenated alkanes) is 3. The second kappa shape index (κ2) is 13.9. The van der Waals surface area contributed by atoms with Crippen LogP contribution in [0.15, 0.2) is 0 Å². The topological polar surface area (TPSA) is 27.7 Å². The smallest absolute Gasteiger partial charge is 0.0624 e. The van der Waals surface area contributed by atoms with Gasteiger partial charge in [-0.3, -0.25) is 0 Å². The van der Waals surface area contributed by atoms with E-state index >= 15 is 0 Å². The molecular formula is C21H30O3. The van der Waals surface area contributed by atoms with Gasteiger partial charge in [0.15, 0.2) is 0 Å². The molecule has 0 aromatic rings. The summed E-state index contributed by atoms with van der Waals surface area (Å²) < 4.78 is 17.9. The molecule has 1 saturated carbocycles. The number of hydrogen-bond donors (Lipinski definition) is 0. The lowest BCUT2D eigenvalue weighted by molar-refractivity contribution is -0.101. The first-order valence-electron chi connectivity index (χ1n) is 8.95. The molecule has 3 heteroatoms. The van der Waals surface area contributed by atoms with Gasteiger partial charge in [0.25, 0.3) is 0 Å². The first-order chi connectivity index (χ1) is 11.8. The fourth-order valence-corrected chi connectivity index (χ4v) is 2.85. The van der Waals surface area contributed by atoms with Crippen molar-refractivity contribution in [1.82, 2.24) is 0 Å². The van der Waals surface area contributed by atoms with Crippen molar-refractivity contribution >= 4 is 0 Å². The van der Waals surface area contributed by atoms with E-state index in [0.29, 0.717) is 19.8 Å². The lowest BCUT2D eigenvalue weighted by Crippen LogP contribution is -2.37. The summed E-state index contributed by atoms with van der Waals surface area (Å²) in [5, 5.41) is 0. The van der Waals surface area contributed by atoms with Crippen molar-refractivity contribution in [3.05, 3.63) is 0 Å². The van der Waals surface area contributed by atoms with Crippen LogP contribution in [0.2, 0.25) is 0 Å². The monoisotopic (exact) mass is 330 g/mol. The lowest BCUT2D eigenvalue weighted by Gasteiger charge is -2.34. The Morgan fingerprint density at radius 2 is 0.875 bits per heavy atom. The predicted octanol–water partition coefficient (Wildman–Crippen LogP) is 3.57. The Hall–Kier alpha value is -1.44. The molecule has 0 aromatic carbocycles. The Morgan fingerprint density at radius 3 is 1.12 bits per heavy atom. The minimum absolute atomic E-state index is 0.173. The average Bonchev–Trinajstić information content (AvgIpc) is 2.59. The molecule has 0 atom stereocenters. The second-order valence-corrected chi connectivity index (χ2v) is 6.11. The van der Waals surface area contributed by atoms with Crippen molar-refractivity contribution in [1.29, 1.82) is 0 Å². The Bertz CT molecular complexity index is 365. The Labute approximate surface area is 147 Å². The van der Waals surface area contributed by atoms with Crippen molar-refractivity contribution in [2.75, 3.05) is 19.8 Å². The minimum Gasteiger partial charge on any atom is -0.378 e. The first kappa shape index (κ1) is 20.6. The van der Waals surface area contributed by atoms with Gasteiger partial charge in [-0.05, 0) is 38.5 Å². The molecule has 0 unspecified atom stereocenters. The van der Waals surface area contributed by atoms with Gasteiger partial charge in [-0.1, -0.05) is 0 Å². The van der Waals surface area contributed by atoms with E-state index in [-0.39, 0.29) is 18.3 Å². The highest BCUT2D eigenvalue weighted by Crippen LogP contribution is 2.27. The zero-order valence-corrected chi connectivity index (χ0v) is 14.7. The highest BCUT2D eigenvalue weighted by atomic mass is 16.5. The largest absolute Gasteiger partial charge is 0.378 e. The van der Waals surface area contributed by atoms with E-state index in [1.54, 1.807) is 0 Å². The van der Waals surface area contributed by atoms with Crippen molar-refractivity contribution in [3.8, 4) is 37.0 Å². The van der Waals surface area contributed by atoms with Crippen molar-refractivity contribution in [3.63, 3.8) is 0 Å². The van der Waals surface area contributed by atoms with Gasteiger partial charge in [0.1, 0.15) is 0 Å². The fourth-order valence-electron chi connectivity index (χ4n) is 2.85. The summed E-state index contributed by atoms with van der Waals surface area (Å²) >= 11 is 0. The van der Waals surface area contributed by atoms with Crippen LogP contribution in [0.4, 0.5) is 0 Å². The van der Waals surface area contributed by atoms with Gasteiger partial charge in [-0.15, -0.1) is 37.0 Å². The molecule has 1 aliphatic carbocycles. The second-order valence-electron chi connectivity index (χ2n) is 6.11. The van der Waals surface area contributed by atoms with Crippen LogP contribution in [0.25, 0.3) is 0 Å². The zero-order valence-electron chi connectivity index (χ0n) is 14.7. The molecule has 1 fully saturated rings. The maximum atomic E-state index is 5.98. The zero-order chi connectivity index (χ0) is 17.5. The van der Waals surface area contributed by atoms with Crippen LogP contribution in [-0.2, 0) is 14.2 Å². The summed E-state index contributed by atoms with van der Waals surface area (Å²) in [5.41, 5.74) is 0. The summed E-state index contributed by atoms with van der Waals surface area (Å²) in [4.78, 5) is 0. The van der Waals surface area contributed by atoms with Crippen LogP contribution < -0.4 is 0 Å². The molecule has 0 saturated heterocycles. The highest BCUT2D eigenvalue weighted by molar-refractivity contribution is 4.85. The maximum absolute atomic E-state index is 5.98. The molecule has 3 nitrogen and oxygen atoms in total. The van der Waals surface area contributed by atoms with Gasteiger partial charge in [0.05, 0.1) is 18.3 Å². The lowest BCUT2D eigenvalue weighted by atomic mass is 9.92. The van der Waals surface area contributed by atoms with E-state index < -0.39 is 0 Å². The quantitative estimate of drug-likeness (QED) is 0.404. The van der Waals surface area contributed by atoms with Gasteiger partial charge in [-0.25, -0.2) is 0 Å². The molecule has 0 heterocycles. The Morgan fingerprint density at radius 1 is 0.583 bits per heavy atom. The molecule has 0 bridgehead atoms. The molecule has 0 aromatic heterocycles. The van der Waals surface area contributed by atoms with Crippen LogP contribution in [-0.4, -0.2) is 38.1 Å². The van der Waals surface area contributed by atoms with E-state index in [4.69, 9.17) is 33.5 Å². The summed E-state index contributed by atoms with van der Waals surface area (Å²) in [5.74, 6) is 7.92. The van der Waals surface area contributed by atoms with Gasteiger partial charge in [0.2, 0.25) is 0 Å². The van der Waals surface area contributed by atoms with Gasteiger partial charge in [-0.2, -0.15) is 0 Å². The van der Waals surface area contributed by atoms with E-state index in [0.717, 1.165) is 57.8 Å². The number of terminal acetylenes is 3. The molecule has 0 spiro atoms. The molecular weight excluding hydrogens is 300 g/mol. The summed E-state index contributed by atoms with van der Waals surface area (Å²) in [6, 6.07) is 0. The van der Waals surface area contributed by atoms with Crippen LogP contribution in [0.3, 0.4) is 0 Å². The maximum Gasteiger partial charge on any atom is 0.0624 e. The van der Waals surface area contributed by atoms with E-state index in [2.05, 4.69) is 17.8 Å². The molecule has 0 amide bonds. The summed E-state index contributed by atoms with van der Waals surface area (Å²) in [6.45, 7) is 2.09. The van der Waals surface area contributed by atoms with Crippen LogP contribution in [0.1, 0.15) is 57.8 Å². The fraction of sp³-hybridized carbons (Fsp3) is 0.714. The van der Waals surface area contributed by atoms with Gasteiger partial charge < -0.3 is 14.2 Å². The number of rotatable bonds is 12. The van der Waals surface area contributed by atoms with Crippen LogP contribution in [0, 0.1) is 37.0 Å². The van der Waals surface area contributed by atoms with Gasteiger partial charge in [0, 0.05) is 39.1 Å². The van der Waals surface area contributed by atoms with E-state index in [9.17, 15) is 0 Å². The average molecular weight is 330 g/mol. The number of hydrogen-bond acceptors (Lipinski definition) is 3. The van der Waals surface area contributed by atoms with E-state index in [1.807, 2.05) is 0 Å². The SMILES string of the molecule is C#CCCCOC1CC(OCCCC#C)CC(OCCCC#C)C1. The van der Waals surface area contributed by atoms with Crippen LogP contribution in [0.5, 0.6) is 0 Å². The highest BCUT2D eigenvalue weighted by Gasteiger charge is 2.30. The molecule has 24 heavy (non-hydrogen) atoms. The normalized spacial score (nSPS) is 23.1. The molecule has 0 N–H and O–H groups in total. The van der Waals surface area contributed by atoms with Crippen molar-refractivity contribution in [2.24, 2.45) is 0 Å². The first-order valence-corrected chi connectivity index (χ1v) is 8.95. The van der Waals surface area contributed by atoms with Gasteiger partial charge >= 0.3 is 0 Å². The molecule has 1 aliphatic rings. The number of ether oxygens (including phenoxy) is 3. The Kier molecular flexibility index (Phi) is 12.0. The molecule has 0 radical (unpaired) electrons. The predicted molar refractivity (Wildman–Crippen MR) is 97.3 cm³/mol. The van der Waals surface area contributed by atoms with E-state index in [1.165, 1.54) is 0 Å². The minimum atomic E-state index is 0.173.